The van der Waals surface area contributed by atoms with E-state index in [4.69, 9.17) is 27.4 Å². The van der Waals surface area contributed by atoms with Crippen LogP contribution in [0.15, 0.2) is 42.6 Å². The van der Waals surface area contributed by atoms with Crippen molar-refractivity contribution in [3.8, 4) is 17.4 Å². The van der Waals surface area contributed by atoms with Crippen molar-refractivity contribution in [3.63, 3.8) is 0 Å². The molecular weight excluding hydrogens is 248 g/mol. The van der Waals surface area contributed by atoms with Crippen molar-refractivity contribution in [2.24, 2.45) is 5.73 Å². The molecule has 0 spiro atoms. The Balaban J connectivity index is 2.25. The van der Waals surface area contributed by atoms with Crippen molar-refractivity contribution in [2.75, 3.05) is 7.11 Å². The molecule has 0 radical (unpaired) electrons. The van der Waals surface area contributed by atoms with Crippen LogP contribution in [0.1, 0.15) is 5.56 Å². The van der Waals surface area contributed by atoms with E-state index in [2.05, 4.69) is 4.98 Å². The van der Waals surface area contributed by atoms with Crippen molar-refractivity contribution in [3.05, 3.63) is 48.2 Å². The Labute approximate surface area is 110 Å². The number of nitrogens with zero attached hydrogens (tertiary/aromatic N) is 1. The van der Waals surface area contributed by atoms with Crippen LogP contribution >= 0.6 is 12.2 Å². The number of nitrogens with two attached hydrogens (primary N) is 1. The molecule has 1 heterocycles. The second-order valence-corrected chi connectivity index (χ2v) is 3.94. The van der Waals surface area contributed by atoms with E-state index in [-0.39, 0.29) is 4.99 Å². The highest BCUT2D eigenvalue weighted by atomic mass is 32.1. The van der Waals surface area contributed by atoms with E-state index >= 15 is 0 Å². The summed E-state index contributed by atoms with van der Waals surface area (Å²) in [6, 6.07) is 10.7. The van der Waals surface area contributed by atoms with E-state index in [1.165, 1.54) is 0 Å². The predicted molar refractivity (Wildman–Crippen MR) is 73.2 cm³/mol. The first-order chi connectivity index (χ1) is 8.70. The summed E-state index contributed by atoms with van der Waals surface area (Å²) in [6.45, 7) is 0. The van der Waals surface area contributed by atoms with Crippen LogP contribution in [0.4, 0.5) is 0 Å². The predicted octanol–water partition coefficient (Wildman–Crippen LogP) is 2.52. The molecule has 0 unspecified atom stereocenters. The molecule has 0 amide bonds. The number of ether oxygens (including phenoxy) is 2. The molecule has 0 fully saturated rings. The quantitative estimate of drug-likeness (QED) is 0.856. The lowest BCUT2D eigenvalue weighted by Crippen LogP contribution is -2.11. The fraction of sp³-hybridized carbons (Fsp3) is 0.0769. The molecule has 1 aromatic heterocycles. The third-order valence-electron chi connectivity index (χ3n) is 2.31. The number of methoxy groups -OCH3 is 1. The van der Waals surface area contributed by atoms with Gasteiger partial charge in [-0.1, -0.05) is 12.2 Å². The van der Waals surface area contributed by atoms with Gasteiger partial charge in [0, 0.05) is 6.20 Å². The number of benzene rings is 1. The van der Waals surface area contributed by atoms with E-state index in [0.717, 1.165) is 5.75 Å². The van der Waals surface area contributed by atoms with E-state index in [1.807, 2.05) is 0 Å². The lowest BCUT2D eigenvalue weighted by Gasteiger charge is -2.09. The van der Waals surface area contributed by atoms with Gasteiger partial charge in [0.15, 0.2) is 0 Å². The Kier molecular flexibility index (Phi) is 3.74. The Morgan fingerprint density at radius 2 is 1.83 bits per heavy atom. The minimum absolute atomic E-state index is 0.256. The van der Waals surface area contributed by atoms with Crippen LogP contribution in [0.5, 0.6) is 17.4 Å². The molecular formula is C13H12N2O2S. The molecule has 5 heteroatoms. The molecule has 0 saturated carbocycles. The SMILES string of the molecule is COc1ccc(Oc2ncccc2C(N)=S)cc1. The van der Waals surface area contributed by atoms with Gasteiger partial charge in [-0.25, -0.2) is 4.98 Å². The normalized spacial score (nSPS) is 9.83. The molecule has 18 heavy (non-hydrogen) atoms. The van der Waals surface area contributed by atoms with Crippen molar-refractivity contribution < 1.29 is 9.47 Å². The van der Waals surface area contributed by atoms with Gasteiger partial charge in [0.25, 0.3) is 0 Å². The van der Waals surface area contributed by atoms with Gasteiger partial charge in [-0.3, -0.25) is 0 Å². The Bertz CT molecular complexity index is 555. The highest BCUT2D eigenvalue weighted by Gasteiger charge is 2.08. The number of hydrogen-bond acceptors (Lipinski definition) is 4. The Morgan fingerprint density at radius 1 is 1.17 bits per heavy atom. The van der Waals surface area contributed by atoms with Crippen LogP contribution in [0.3, 0.4) is 0 Å². The Morgan fingerprint density at radius 3 is 2.44 bits per heavy atom. The van der Waals surface area contributed by atoms with Crippen molar-refractivity contribution in [1.82, 2.24) is 4.98 Å². The summed E-state index contributed by atoms with van der Waals surface area (Å²) in [5, 5.41) is 0. The minimum atomic E-state index is 0.256. The number of rotatable bonds is 4. The fourth-order valence-electron chi connectivity index (χ4n) is 1.42. The van der Waals surface area contributed by atoms with Crippen LogP contribution in [-0.4, -0.2) is 17.1 Å². The average molecular weight is 260 g/mol. The topological polar surface area (TPSA) is 57.4 Å². The van der Waals surface area contributed by atoms with Gasteiger partial charge < -0.3 is 15.2 Å². The molecule has 0 atom stereocenters. The van der Waals surface area contributed by atoms with E-state index in [0.29, 0.717) is 17.2 Å². The molecule has 0 aliphatic rings. The summed E-state index contributed by atoms with van der Waals surface area (Å²) >= 11 is 4.94. The van der Waals surface area contributed by atoms with Gasteiger partial charge in [0.1, 0.15) is 16.5 Å². The van der Waals surface area contributed by atoms with Gasteiger partial charge in [-0.2, -0.15) is 0 Å². The van der Waals surface area contributed by atoms with Crippen LogP contribution in [0.25, 0.3) is 0 Å². The lowest BCUT2D eigenvalue weighted by atomic mass is 10.2. The summed E-state index contributed by atoms with van der Waals surface area (Å²) < 4.78 is 10.7. The fourth-order valence-corrected chi connectivity index (χ4v) is 1.57. The molecule has 1 aromatic carbocycles. The lowest BCUT2D eigenvalue weighted by molar-refractivity contribution is 0.412. The smallest absolute Gasteiger partial charge is 0.229 e. The summed E-state index contributed by atoms with van der Waals surface area (Å²) in [4.78, 5) is 4.37. The first kappa shape index (κ1) is 12.3. The van der Waals surface area contributed by atoms with Gasteiger partial charge in [0.2, 0.25) is 5.88 Å². The Hall–Kier alpha value is -2.14. The maximum Gasteiger partial charge on any atom is 0.229 e. The minimum Gasteiger partial charge on any atom is -0.497 e. The second kappa shape index (κ2) is 5.46. The molecule has 0 aliphatic heterocycles. The summed E-state index contributed by atoms with van der Waals surface area (Å²) in [6.07, 6.45) is 1.63. The van der Waals surface area contributed by atoms with Crippen LogP contribution in [-0.2, 0) is 0 Å². The largest absolute Gasteiger partial charge is 0.497 e. The van der Waals surface area contributed by atoms with Gasteiger partial charge in [0.05, 0.1) is 12.7 Å². The monoisotopic (exact) mass is 260 g/mol. The van der Waals surface area contributed by atoms with Gasteiger partial charge in [-0.05, 0) is 36.4 Å². The van der Waals surface area contributed by atoms with E-state index in [9.17, 15) is 0 Å². The molecule has 0 aliphatic carbocycles. The van der Waals surface area contributed by atoms with Crippen LogP contribution in [0.2, 0.25) is 0 Å². The number of aromatic nitrogens is 1. The van der Waals surface area contributed by atoms with Crippen LogP contribution < -0.4 is 15.2 Å². The van der Waals surface area contributed by atoms with E-state index < -0.39 is 0 Å². The highest BCUT2D eigenvalue weighted by Crippen LogP contribution is 2.24. The molecule has 92 valence electrons. The molecule has 0 bridgehead atoms. The second-order valence-electron chi connectivity index (χ2n) is 3.50. The first-order valence-electron chi connectivity index (χ1n) is 5.27. The average Bonchev–Trinajstić information content (AvgIpc) is 2.40. The van der Waals surface area contributed by atoms with Crippen LogP contribution in [0, 0.1) is 0 Å². The number of thiocarbonyl (C=S) groups is 1. The van der Waals surface area contributed by atoms with Crippen molar-refractivity contribution in [2.45, 2.75) is 0 Å². The zero-order valence-corrected chi connectivity index (χ0v) is 10.6. The van der Waals surface area contributed by atoms with Gasteiger partial charge in [-0.15, -0.1) is 0 Å². The van der Waals surface area contributed by atoms with E-state index in [1.54, 1.807) is 49.7 Å². The third-order valence-corrected chi connectivity index (χ3v) is 2.53. The maximum absolute atomic E-state index is 5.64. The summed E-state index contributed by atoms with van der Waals surface area (Å²) in [7, 11) is 1.61. The van der Waals surface area contributed by atoms with Gasteiger partial charge >= 0.3 is 0 Å². The molecule has 4 nitrogen and oxygen atoms in total. The molecule has 0 saturated heterocycles. The number of pyridine rings is 1. The zero-order valence-electron chi connectivity index (χ0n) is 9.79. The first-order valence-corrected chi connectivity index (χ1v) is 5.68. The summed E-state index contributed by atoms with van der Waals surface area (Å²) in [5.74, 6) is 1.81. The molecule has 2 aromatic rings. The highest BCUT2D eigenvalue weighted by molar-refractivity contribution is 7.80. The third kappa shape index (κ3) is 2.75. The van der Waals surface area contributed by atoms with Crippen molar-refractivity contribution in [1.29, 1.82) is 0 Å². The summed E-state index contributed by atoms with van der Waals surface area (Å²) in [5.41, 5.74) is 6.22. The molecule has 2 N–H and O–H groups in total. The standard InChI is InChI=1S/C13H12N2O2S/c1-16-9-4-6-10(7-5-9)17-13-11(12(14)18)3-2-8-15-13/h2-8H,1H3,(H2,14,18). The number of hydrogen-bond donors (Lipinski definition) is 1. The maximum atomic E-state index is 5.64. The molecule has 2 rings (SSSR count). The van der Waals surface area contributed by atoms with Crippen molar-refractivity contribution >= 4 is 17.2 Å². The zero-order chi connectivity index (χ0) is 13.0.